The molecular formula is C29H35ClN6O3. The van der Waals surface area contributed by atoms with Crippen LogP contribution in [0.5, 0.6) is 0 Å². The highest BCUT2D eigenvalue weighted by Gasteiger charge is 2.20. The fraction of sp³-hybridized carbons (Fsp3) is 0.345. The number of aromatic nitrogens is 2. The van der Waals surface area contributed by atoms with Crippen LogP contribution in [-0.2, 0) is 33.9 Å². The molecule has 0 aliphatic carbocycles. The average Bonchev–Trinajstić information content (AvgIpc) is 2.94. The van der Waals surface area contributed by atoms with Crippen LogP contribution in [0.25, 0.3) is 0 Å². The normalized spacial score (nSPS) is 12.5. The lowest BCUT2D eigenvalue weighted by atomic mass is 10.0. The van der Waals surface area contributed by atoms with Crippen LogP contribution in [0.4, 0.5) is 5.69 Å². The first kappa shape index (κ1) is 29.9. The molecule has 206 valence electrons. The zero-order valence-electron chi connectivity index (χ0n) is 22.3. The number of halogens is 1. The standard InChI is InChI=1S/C29H35ClN6O3/c1-21(17-27(37)22(2)35-30)29(39)33-16-13-23-9-11-24(12-10-23)34-28(38)20-36(18-25-7-3-5-14-31-25)19-26-8-4-6-15-32-26/h3-12,14-15,21-22,35H,13,16-20H2,1-2H3,(H,33,39)(H,34,38)/t21-,22+/m0/s1. The van der Waals surface area contributed by atoms with Gasteiger partial charge >= 0.3 is 0 Å². The Kier molecular flexibility index (Phi) is 12.0. The second-order valence-electron chi connectivity index (χ2n) is 9.48. The number of carbonyl (C=O) groups excluding carboxylic acids is 3. The Morgan fingerprint density at radius 3 is 2.05 bits per heavy atom. The number of ketones is 1. The van der Waals surface area contributed by atoms with Gasteiger partial charge in [0.05, 0.1) is 24.0 Å². The van der Waals surface area contributed by atoms with Crippen molar-refractivity contribution in [3.05, 3.63) is 90.0 Å². The van der Waals surface area contributed by atoms with Crippen molar-refractivity contribution in [2.24, 2.45) is 5.92 Å². The summed E-state index contributed by atoms with van der Waals surface area (Å²) in [4.78, 5) is 50.3. The number of pyridine rings is 2. The predicted molar refractivity (Wildman–Crippen MR) is 152 cm³/mol. The number of benzene rings is 1. The Labute approximate surface area is 234 Å². The van der Waals surface area contributed by atoms with Crippen molar-refractivity contribution in [3.8, 4) is 0 Å². The first-order valence-corrected chi connectivity index (χ1v) is 13.3. The average molecular weight is 551 g/mol. The third kappa shape index (κ3) is 10.6. The molecule has 3 N–H and O–H groups in total. The topological polar surface area (TPSA) is 116 Å². The number of nitrogens with zero attached hydrogens (tertiary/aromatic N) is 3. The molecule has 0 aliphatic rings. The van der Waals surface area contributed by atoms with Gasteiger partial charge in [-0.05, 0) is 67.1 Å². The molecule has 0 spiro atoms. The van der Waals surface area contributed by atoms with Crippen molar-refractivity contribution in [3.63, 3.8) is 0 Å². The molecule has 9 nitrogen and oxygen atoms in total. The molecule has 2 heterocycles. The number of anilines is 1. The van der Waals surface area contributed by atoms with Crippen LogP contribution in [0.2, 0.25) is 0 Å². The quantitative estimate of drug-likeness (QED) is 0.248. The molecule has 3 aromatic rings. The van der Waals surface area contributed by atoms with E-state index in [1.807, 2.05) is 65.6 Å². The van der Waals surface area contributed by atoms with Crippen LogP contribution in [0.1, 0.15) is 37.2 Å². The van der Waals surface area contributed by atoms with E-state index in [9.17, 15) is 14.4 Å². The van der Waals surface area contributed by atoms with E-state index in [2.05, 4.69) is 25.4 Å². The van der Waals surface area contributed by atoms with Crippen molar-refractivity contribution in [2.75, 3.05) is 18.4 Å². The number of carbonyl (C=O) groups is 3. The van der Waals surface area contributed by atoms with Crippen molar-refractivity contribution in [1.29, 1.82) is 0 Å². The number of nitrogens with one attached hydrogen (secondary N) is 3. The highest BCUT2D eigenvalue weighted by Crippen LogP contribution is 2.12. The van der Waals surface area contributed by atoms with Gasteiger partial charge in [0.1, 0.15) is 0 Å². The van der Waals surface area contributed by atoms with Crippen LogP contribution in [0.3, 0.4) is 0 Å². The summed E-state index contributed by atoms with van der Waals surface area (Å²) in [7, 11) is 0. The zero-order valence-corrected chi connectivity index (χ0v) is 23.0. The highest BCUT2D eigenvalue weighted by molar-refractivity contribution is 6.15. The molecule has 0 bridgehead atoms. The predicted octanol–water partition coefficient (Wildman–Crippen LogP) is 3.50. The summed E-state index contributed by atoms with van der Waals surface area (Å²) in [6, 6.07) is 18.5. The van der Waals surface area contributed by atoms with Gasteiger partial charge in [-0.15, -0.1) is 0 Å². The summed E-state index contributed by atoms with van der Waals surface area (Å²) in [5.74, 6) is -0.849. The summed E-state index contributed by atoms with van der Waals surface area (Å²) >= 11 is 5.48. The van der Waals surface area contributed by atoms with Crippen LogP contribution >= 0.6 is 11.8 Å². The van der Waals surface area contributed by atoms with E-state index >= 15 is 0 Å². The summed E-state index contributed by atoms with van der Waals surface area (Å²) in [6.45, 7) is 5.05. The molecule has 3 rings (SSSR count). The van der Waals surface area contributed by atoms with E-state index in [0.29, 0.717) is 31.7 Å². The Morgan fingerprint density at radius 1 is 0.897 bits per heavy atom. The minimum atomic E-state index is -0.495. The SMILES string of the molecule is C[C@@H](CC(=O)[C@@H](C)NCl)C(=O)NCCc1ccc(NC(=O)CN(Cc2ccccn2)Cc2ccccn2)cc1. The van der Waals surface area contributed by atoms with Gasteiger partial charge < -0.3 is 10.6 Å². The molecule has 0 aliphatic heterocycles. The second kappa shape index (κ2) is 15.7. The lowest BCUT2D eigenvalue weighted by Gasteiger charge is -2.21. The number of rotatable bonds is 15. The van der Waals surface area contributed by atoms with Gasteiger partial charge in [0.2, 0.25) is 11.8 Å². The van der Waals surface area contributed by atoms with Crippen molar-refractivity contribution < 1.29 is 14.4 Å². The third-order valence-corrected chi connectivity index (χ3v) is 6.47. The zero-order chi connectivity index (χ0) is 28.0. The summed E-state index contributed by atoms with van der Waals surface area (Å²) < 4.78 is 0. The van der Waals surface area contributed by atoms with Gasteiger partial charge in [-0.3, -0.25) is 29.3 Å². The molecular weight excluding hydrogens is 516 g/mol. The third-order valence-electron chi connectivity index (χ3n) is 6.14. The summed E-state index contributed by atoms with van der Waals surface area (Å²) in [6.07, 6.45) is 4.23. The van der Waals surface area contributed by atoms with Gasteiger partial charge in [0.15, 0.2) is 5.78 Å². The monoisotopic (exact) mass is 550 g/mol. The molecule has 0 saturated carbocycles. The first-order valence-electron chi connectivity index (χ1n) is 12.9. The van der Waals surface area contributed by atoms with Crippen molar-refractivity contribution >= 4 is 35.1 Å². The molecule has 0 saturated heterocycles. The highest BCUT2D eigenvalue weighted by atomic mass is 35.5. The maximum Gasteiger partial charge on any atom is 0.238 e. The molecule has 2 atom stereocenters. The van der Waals surface area contributed by atoms with Gasteiger partial charge in [0, 0.05) is 50.1 Å². The Morgan fingerprint density at radius 2 is 1.51 bits per heavy atom. The van der Waals surface area contributed by atoms with E-state index in [1.165, 1.54) is 0 Å². The Hall–Kier alpha value is -3.66. The van der Waals surface area contributed by atoms with E-state index in [4.69, 9.17) is 11.8 Å². The lowest BCUT2D eigenvalue weighted by Crippen LogP contribution is -2.35. The molecule has 2 amide bonds. The second-order valence-corrected chi connectivity index (χ2v) is 9.69. The molecule has 10 heteroatoms. The first-order chi connectivity index (χ1) is 18.8. The van der Waals surface area contributed by atoms with Gasteiger partial charge in [-0.25, -0.2) is 4.84 Å². The Balaban J connectivity index is 1.47. The number of hydrogen-bond donors (Lipinski definition) is 3. The van der Waals surface area contributed by atoms with Gasteiger partial charge in [-0.2, -0.15) is 0 Å². The van der Waals surface area contributed by atoms with E-state index in [-0.39, 0.29) is 30.6 Å². The maximum atomic E-state index is 12.9. The van der Waals surface area contributed by atoms with Gasteiger partial charge in [0.25, 0.3) is 0 Å². The minimum absolute atomic E-state index is 0.109. The lowest BCUT2D eigenvalue weighted by molar-refractivity contribution is -0.129. The molecule has 39 heavy (non-hydrogen) atoms. The van der Waals surface area contributed by atoms with Crippen molar-refractivity contribution in [1.82, 2.24) is 25.0 Å². The van der Waals surface area contributed by atoms with Crippen LogP contribution in [0, 0.1) is 5.92 Å². The fourth-order valence-corrected chi connectivity index (χ4v) is 4.03. The smallest absolute Gasteiger partial charge is 0.238 e. The molecule has 0 radical (unpaired) electrons. The van der Waals surface area contributed by atoms with E-state index in [0.717, 1.165) is 17.0 Å². The fourth-order valence-electron chi connectivity index (χ4n) is 3.90. The van der Waals surface area contributed by atoms with Crippen LogP contribution in [0.15, 0.2) is 73.1 Å². The van der Waals surface area contributed by atoms with Crippen LogP contribution < -0.4 is 15.5 Å². The number of amides is 2. The largest absolute Gasteiger partial charge is 0.356 e. The van der Waals surface area contributed by atoms with E-state index in [1.54, 1.807) is 26.2 Å². The Bertz CT molecular complexity index is 1150. The molecule has 2 aromatic heterocycles. The molecule has 0 fully saturated rings. The molecule has 1 aromatic carbocycles. The summed E-state index contributed by atoms with van der Waals surface area (Å²) in [5, 5.41) is 5.83. The minimum Gasteiger partial charge on any atom is -0.356 e. The van der Waals surface area contributed by atoms with Crippen molar-refractivity contribution in [2.45, 2.75) is 45.8 Å². The van der Waals surface area contributed by atoms with Gasteiger partial charge in [-0.1, -0.05) is 31.2 Å². The number of hydrogen-bond acceptors (Lipinski definition) is 7. The maximum absolute atomic E-state index is 12.9. The molecule has 0 unspecified atom stereocenters. The van der Waals surface area contributed by atoms with E-state index < -0.39 is 12.0 Å². The summed E-state index contributed by atoms with van der Waals surface area (Å²) in [5.41, 5.74) is 3.46. The number of Topliss-reactive ketones (excluding diaryl/α,β-unsaturated/α-hetero) is 1. The van der Waals surface area contributed by atoms with Crippen LogP contribution in [-0.4, -0.2) is 51.6 Å².